The highest BCUT2D eigenvalue weighted by atomic mass is 79.9. The van der Waals surface area contributed by atoms with Gasteiger partial charge in [-0.2, -0.15) is 0 Å². The van der Waals surface area contributed by atoms with Crippen LogP contribution in [0.5, 0.6) is 0 Å². The lowest BCUT2D eigenvalue weighted by atomic mass is 9.93. The Labute approximate surface area is 90.7 Å². The molecular formula is C9H10BrClO2. The zero-order valence-electron chi connectivity index (χ0n) is 7.38. The van der Waals surface area contributed by atoms with E-state index < -0.39 is 4.51 Å². The van der Waals surface area contributed by atoms with E-state index in [1.807, 2.05) is 0 Å². The standard InChI is InChI=1S/C9H10BrClO2/c1-6(12)7-4-3-5-8(11)9(7,10)13-2/h3-5,7H,1-2H3. The molecule has 0 spiro atoms. The van der Waals surface area contributed by atoms with Crippen LogP contribution in [0.15, 0.2) is 23.3 Å². The molecule has 0 N–H and O–H groups in total. The molecule has 0 saturated heterocycles. The average Bonchev–Trinajstić information content (AvgIpc) is 2.09. The number of ketones is 1. The van der Waals surface area contributed by atoms with Gasteiger partial charge in [-0.15, -0.1) is 0 Å². The minimum atomic E-state index is -0.880. The SMILES string of the molecule is COC1(Br)C(Cl)=CC=CC1C(C)=O. The molecule has 0 aromatic heterocycles. The summed E-state index contributed by atoms with van der Waals surface area (Å²) < 4.78 is 4.33. The molecule has 0 radical (unpaired) electrons. The third kappa shape index (κ3) is 1.87. The maximum absolute atomic E-state index is 11.3. The van der Waals surface area contributed by atoms with Gasteiger partial charge in [-0.05, 0) is 28.9 Å². The number of hydrogen-bond donors (Lipinski definition) is 0. The van der Waals surface area contributed by atoms with E-state index in [0.717, 1.165) is 0 Å². The van der Waals surface area contributed by atoms with Crippen LogP contribution in [-0.2, 0) is 9.53 Å². The van der Waals surface area contributed by atoms with Gasteiger partial charge in [0.1, 0.15) is 5.78 Å². The van der Waals surface area contributed by atoms with Gasteiger partial charge in [-0.25, -0.2) is 0 Å². The minimum absolute atomic E-state index is 0.0150. The molecular weight excluding hydrogens is 255 g/mol. The number of carbonyl (C=O) groups excluding carboxylic acids is 1. The quantitative estimate of drug-likeness (QED) is 0.718. The zero-order chi connectivity index (χ0) is 10.1. The highest BCUT2D eigenvalue weighted by molar-refractivity contribution is 9.10. The van der Waals surface area contributed by atoms with Crippen LogP contribution in [0.4, 0.5) is 0 Å². The Morgan fingerprint density at radius 2 is 2.38 bits per heavy atom. The lowest BCUT2D eigenvalue weighted by Gasteiger charge is -2.32. The number of ether oxygens (including phenoxy) is 1. The smallest absolute Gasteiger partial charge is 0.171 e. The van der Waals surface area contributed by atoms with Gasteiger partial charge in [0.05, 0.1) is 11.0 Å². The van der Waals surface area contributed by atoms with E-state index in [-0.39, 0.29) is 11.7 Å². The van der Waals surface area contributed by atoms with Crippen LogP contribution in [-0.4, -0.2) is 17.4 Å². The van der Waals surface area contributed by atoms with Crippen LogP contribution in [0.25, 0.3) is 0 Å². The molecule has 0 saturated carbocycles. The van der Waals surface area contributed by atoms with Crippen molar-refractivity contribution >= 4 is 33.3 Å². The molecule has 0 heterocycles. The zero-order valence-corrected chi connectivity index (χ0v) is 9.72. The van der Waals surface area contributed by atoms with Crippen LogP contribution in [0, 0.1) is 5.92 Å². The van der Waals surface area contributed by atoms with E-state index in [1.165, 1.54) is 14.0 Å². The largest absolute Gasteiger partial charge is 0.361 e. The summed E-state index contributed by atoms with van der Waals surface area (Å²) in [5.41, 5.74) is 0. The molecule has 0 aliphatic heterocycles. The Hall–Kier alpha value is -0.120. The molecule has 1 rings (SSSR count). The summed E-state index contributed by atoms with van der Waals surface area (Å²) >= 11 is 9.28. The number of rotatable bonds is 2. The molecule has 2 atom stereocenters. The predicted molar refractivity (Wildman–Crippen MR) is 55.9 cm³/mol. The van der Waals surface area contributed by atoms with Gasteiger partial charge >= 0.3 is 0 Å². The summed E-state index contributed by atoms with van der Waals surface area (Å²) in [6, 6.07) is 0. The summed E-state index contributed by atoms with van der Waals surface area (Å²) in [4.78, 5) is 11.3. The molecule has 0 fully saturated rings. The molecule has 4 heteroatoms. The molecule has 0 aromatic carbocycles. The van der Waals surface area contributed by atoms with Gasteiger partial charge in [0.15, 0.2) is 4.51 Å². The highest BCUT2D eigenvalue weighted by Gasteiger charge is 2.42. The first-order valence-electron chi connectivity index (χ1n) is 3.81. The summed E-state index contributed by atoms with van der Waals surface area (Å²) in [6.07, 6.45) is 5.23. The van der Waals surface area contributed by atoms with Crippen molar-refractivity contribution in [2.24, 2.45) is 5.92 Å². The van der Waals surface area contributed by atoms with E-state index in [1.54, 1.807) is 18.2 Å². The second kappa shape index (κ2) is 3.95. The topological polar surface area (TPSA) is 26.3 Å². The van der Waals surface area contributed by atoms with Gasteiger partial charge in [0, 0.05) is 7.11 Å². The molecule has 1 aliphatic rings. The van der Waals surface area contributed by atoms with Crippen molar-refractivity contribution in [3.8, 4) is 0 Å². The fourth-order valence-electron chi connectivity index (χ4n) is 1.26. The molecule has 13 heavy (non-hydrogen) atoms. The van der Waals surface area contributed by atoms with Crippen LogP contribution in [0.3, 0.4) is 0 Å². The van der Waals surface area contributed by atoms with Crippen molar-refractivity contribution in [3.05, 3.63) is 23.3 Å². The van der Waals surface area contributed by atoms with Crippen LogP contribution in [0.2, 0.25) is 0 Å². The van der Waals surface area contributed by atoms with Gasteiger partial charge < -0.3 is 4.74 Å². The van der Waals surface area contributed by atoms with E-state index in [4.69, 9.17) is 16.3 Å². The van der Waals surface area contributed by atoms with Gasteiger partial charge in [-0.1, -0.05) is 23.8 Å². The molecule has 1 aliphatic carbocycles. The lowest BCUT2D eigenvalue weighted by molar-refractivity contribution is -0.122. The van der Waals surface area contributed by atoms with Crippen LogP contribution < -0.4 is 0 Å². The molecule has 2 unspecified atom stereocenters. The average molecular weight is 266 g/mol. The van der Waals surface area contributed by atoms with E-state index >= 15 is 0 Å². The normalized spacial score (nSPS) is 32.9. The number of alkyl halides is 1. The first kappa shape index (κ1) is 11.0. The summed E-state index contributed by atoms with van der Waals surface area (Å²) in [7, 11) is 1.51. The summed E-state index contributed by atoms with van der Waals surface area (Å²) in [5.74, 6) is -0.351. The second-order valence-electron chi connectivity index (χ2n) is 2.84. The van der Waals surface area contributed by atoms with E-state index in [2.05, 4.69) is 15.9 Å². The maximum atomic E-state index is 11.3. The Kier molecular flexibility index (Phi) is 3.33. The molecule has 0 amide bonds. The highest BCUT2D eigenvalue weighted by Crippen LogP contribution is 2.41. The lowest BCUT2D eigenvalue weighted by Crippen LogP contribution is -2.38. The van der Waals surface area contributed by atoms with Crippen molar-refractivity contribution in [1.82, 2.24) is 0 Å². The van der Waals surface area contributed by atoms with Gasteiger partial charge in [0.25, 0.3) is 0 Å². The number of allylic oxidation sites excluding steroid dienone is 2. The number of carbonyl (C=O) groups is 1. The van der Waals surface area contributed by atoms with Gasteiger partial charge in [-0.3, -0.25) is 4.79 Å². The molecule has 0 bridgehead atoms. The Bertz CT molecular complexity index is 285. The molecule has 2 nitrogen and oxygen atoms in total. The van der Waals surface area contributed by atoms with Crippen molar-refractivity contribution in [2.75, 3.05) is 7.11 Å². The monoisotopic (exact) mass is 264 g/mol. The van der Waals surface area contributed by atoms with Crippen LogP contribution >= 0.6 is 27.5 Å². The Balaban J connectivity index is 3.06. The minimum Gasteiger partial charge on any atom is -0.361 e. The first-order valence-corrected chi connectivity index (χ1v) is 4.98. The number of Topliss-reactive ketones (excluding diaryl/α,β-unsaturated/α-hetero) is 1. The fraction of sp³-hybridized carbons (Fsp3) is 0.444. The number of methoxy groups -OCH3 is 1. The fourth-order valence-corrected chi connectivity index (χ4v) is 2.13. The number of hydrogen-bond acceptors (Lipinski definition) is 2. The number of halogens is 2. The second-order valence-corrected chi connectivity index (χ2v) is 4.42. The maximum Gasteiger partial charge on any atom is 0.171 e. The van der Waals surface area contributed by atoms with Gasteiger partial charge in [0.2, 0.25) is 0 Å². The predicted octanol–water partition coefficient (Wildman–Crippen LogP) is 2.62. The first-order chi connectivity index (χ1) is 6.02. The molecule has 72 valence electrons. The summed E-state index contributed by atoms with van der Waals surface area (Å²) in [5, 5.41) is 0.484. The van der Waals surface area contributed by atoms with Crippen molar-refractivity contribution in [2.45, 2.75) is 11.4 Å². The molecule has 0 aromatic rings. The van der Waals surface area contributed by atoms with E-state index in [9.17, 15) is 4.79 Å². The van der Waals surface area contributed by atoms with Crippen molar-refractivity contribution < 1.29 is 9.53 Å². The van der Waals surface area contributed by atoms with Crippen molar-refractivity contribution in [3.63, 3.8) is 0 Å². The van der Waals surface area contributed by atoms with E-state index in [0.29, 0.717) is 5.03 Å². The third-order valence-corrected chi connectivity index (χ3v) is 3.89. The third-order valence-electron chi connectivity index (χ3n) is 2.01. The van der Waals surface area contributed by atoms with Crippen LogP contribution in [0.1, 0.15) is 6.92 Å². The van der Waals surface area contributed by atoms with Crippen molar-refractivity contribution in [1.29, 1.82) is 0 Å². The Morgan fingerprint density at radius 1 is 1.77 bits per heavy atom. The summed E-state index contributed by atoms with van der Waals surface area (Å²) in [6.45, 7) is 1.51. The Morgan fingerprint density at radius 3 is 2.77 bits per heavy atom.